The van der Waals surface area contributed by atoms with Gasteiger partial charge in [0.1, 0.15) is 11.9 Å². The van der Waals surface area contributed by atoms with Crippen LogP contribution in [0.4, 0.5) is 11.4 Å². The third-order valence-electron chi connectivity index (χ3n) is 5.97. The highest BCUT2D eigenvalue weighted by molar-refractivity contribution is 8.14. The monoisotopic (exact) mass is 545 g/mol. The molecule has 2 heterocycles. The fourth-order valence-corrected chi connectivity index (χ4v) is 5.12. The van der Waals surface area contributed by atoms with Gasteiger partial charge in [-0.15, -0.1) is 0 Å². The van der Waals surface area contributed by atoms with E-state index in [-0.39, 0.29) is 36.3 Å². The zero-order chi connectivity index (χ0) is 26.5. The Morgan fingerprint density at radius 3 is 2.58 bits per heavy atom. The fraction of sp³-hybridized carbons (Fsp3) is 0.179. The number of halogens is 1. The molecule has 0 aromatic heterocycles. The lowest BCUT2D eigenvalue weighted by molar-refractivity contribution is -0.125. The number of amides is 3. The molecule has 0 bridgehead atoms. The van der Waals surface area contributed by atoms with E-state index in [2.05, 4.69) is 20.6 Å². The molecule has 0 spiro atoms. The average Bonchev–Trinajstić information content (AvgIpc) is 3.26. The van der Waals surface area contributed by atoms with Gasteiger partial charge in [0.2, 0.25) is 11.8 Å². The number of carbonyl (C=O) groups is 3. The number of nitrogens with one attached hydrogen (secondary N) is 2. The van der Waals surface area contributed by atoms with Gasteiger partial charge in [-0.05, 0) is 42.3 Å². The Balaban J connectivity index is 1.24. The molecule has 10 heteroatoms. The van der Waals surface area contributed by atoms with Crippen molar-refractivity contribution in [2.24, 2.45) is 9.98 Å². The van der Waals surface area contributed by atoms with E-state index >= 15 is 0 Å². The van der Waals surface area contributed by atoms with Crippen molar-refractivity contribution in [3.05, 3.63) is 95.0 Å². The number of anilines is 1. The summed E-state index contributed by atoms with van der Waals surface area (Å²) in [6, 6.07) is 23.2. The number of carbonyl (C=O) groups excluding carboxylic acids is 3. The van der Waals surface area contributed by atoms with Gasteiger partial charge in [-0.3, -0.25) is 19.4 Å². The van der Waals surface area contributed by atoms with Gasteiger partial charge in [0.15, 0.2) is 5.17 Å². The molecule has 38 heavy (non-hydrogen) atoms. The van der Waals surface area contributed by atoms with Crippen LogP contribution in [0.25, 0.3) is 0 Å². The lowest BCUT2D eigenvalue weighted by Crippen LogP contribution is -2.41. The minimum absolute atomic E-state index is 0.0388. The number of fused-ring (bicyclic) bond motifs is 3. The number of para-hydroxylation sites is 1. The maximum atomic E-state index is 13.4. The Hall–Kier alpha value is -3.95. The number of rotatable bonds is 8. The number of thioether (sulfide) groups is 1. The average molecular weight is 546 g/mol. The highest BCUT2D eigenvalue weighted by Crippen LogP contribution is 2.34. The minimum atomic E-state index is -0.704. The SMILES string of the molecule is O=C(CC[C@@H]1N=C2c3ccccc3N=C(SCC(=O)Nc3cccc(Cl)c3)N2C1=O)NCc1ccccc1. The maximum Gasteiger partial charge on any atom is 0.259 e. The number of aliphatic imine (C=N–C) groups is 2. The van der Waals surface area contributed by atoms with Crippen molar-refractivity contribution in [2.45, 2.75) is 25.4 Å². The van der Waals surface area contributed by atoms with E-state index in [1.54, 1.807) is 24.3 Å². The van der Waals surface area contributed by atoms with Crippen LogP contribution in [0.1, 0.15) is 24.0 Å². The van der Waals surface area contributed by atoms with Gasteiger partial charge in [-0.1, -0.05) is 71.9 Å². The first-order valence-corrected chi connectivity index (χ1v) is 13.4. The quantitative estimate of drug-likeness (QED) is 0.425. The second kappa shape index (κ2) is 11.6. The molecule has 0 fully saturated rings. The minimum Gasteiger partial charge on any atom is -0.352 e. The zero-order valence-electron chi connectivity index (χ0n) is 20.3. The van der Waals surface area contributed by atoms with Gasteiger partial charge in [0.05, 0.1) is 11.4 Å². The van der Waals surface area contributed by atoms with Crippen LogP contribution in [-0.2, 0) is 20.9 Å². The van der Waals surface area contributed by atoms with Crippen LogP contribution in [-0.4, -0.2) is 45.4 Å². The van der Waals surface area contributed by atoms with Crippen molar-refractivity contribution in [1.82, 2.24) is 10.2 Å². The molecule has 1 atom stereocenters. The molecule has 5 rings (SSSR count). The molecule has 2 N–H and O–H groups in total. The molecule has 192 valence electrons. The number of benzene rings is 3. The number of hydrogen-bond donors (Lipinski definition) is 2. The normalized spacial score (nSPS) is 15.8. The summed E-state index contributed by atoms with van der Waals surface area (Å²) in [7, 11) is 0. The first kappa shape index (κ1) is 25.7. The molecule has 0 saturated heterocycles. The third-order valence-corrected chi connectivity index (χ3v) is 7.14. The lowest BCUT2D eigenvalue weighted by atomic mass is 10.1. The van der Waals surface area contributed by atoms with E-state index < -0.39 is 6.04 Å². The van der Waals surface area contributed by atoms with Crippen LogP contribution >= 0.6 is 23.4 Å². The molecule has 3 amide bonds. The molecular weight excluding hydrogens is 522 g/mol. The highest BCUT2D eigenvalue weighted by Gasteiger charge is 2.41. The van der Waals surface area contributed by atoms with Crippen LogP contribution in [0.15, 0.2) is 88.8 Å². The molecule has 2 aliphatic rings. The maximum absolute atomic E-state index is 13.4. The van der Waals surface area contributed by atoms with Crippen molar-refractivity contribution in [3.63, 3.8) is 0 Å². The van der Waals surface area contributed by atoms with Crippen molar-refractivity contribution in [3.8, 4) is 0 Å². The van der Waals surface area contributed by atoms with Crippen molar-refractivity contribution < 1.29 is 14.4 Å². The van der Waals surface area contributed by atoms with Crippen LogP contribution in [0, 0.1) is 0 Å². The number of nitrogens with zero attached hydrogens (tertiary/aromatic N) is 3. The Morgan fingerprint density at radius 2 is 1.76 bits per heavy atom. The van der Waals surface area contributed by atoms with Crippen LogP contribution < -0.4 is 10.6 Å². The largest absolute Gasteiger partial charge is 0.352 e. The molecule has 3 aromatic carbocycles. The van der Waals surface area contributed by atoms with Crippen LogP contribution in [0.5, 0.6) is 0 Å². The van der Waals surface area contributed by atoms with E-state index in [4.69, 9.17) is 11.6 Å². The summed E-state index contributed by atoms with van der Waals surface area (Å²) in [5.41, 5.74) is 3.01. The first-order valence-electron chi connectivity index (χ1n) is 12.1. The summed E-state index contributed by atoms with van der Waals surface area (Å²) in [5, 5.41) is 6.59. The molecule has 3 aromatic rings. The van der Waals surface area contributed by atoms with E-state index in [1.165, 1.54) is 4.90 Å². The molecule has 0 aliphatic carbocycles. The predicted octanol–water partition coefficient (Wildman–Crippen LogP) is 4.77. The topological polar surface area (TPSA) is 103 Å². The number of amidine groups is 2. The van der Waals surface area contributed by atoms with Gasteiger partial charge in [-0.25, -0.2) is 9.89 Å². The summed E-state index contributed by atoms with van der Waals surface area (Å²) in [5.74, 6) is -0.125. The summed E-state index contributed by atoms with van der Waals surface area (Å²) < 4.78 is 0. The summed E-state index contributed by atoms with van der Waals surface area (Å²) in [6.45, 7) is 0.428. The Morgan fingerprint density at radius 1 is 0.974 bits per heavy atom. The van der Waals surface area contributed by atoms with Gasteiger partial charge in [-0.2, -0.15) is 0 Å². The highest BCUT2D eigenvalue weighted by atomic mass is 35.5. The number of hydrogen-bond acceptors (Lipinski definition) is 6. The second-order valence-corrected chi connectivity index (χ2v) is 10.1. The van der Waals surface area contributed by atoms with E-state index in [1.807, 2.05) is 54.6 Å². The smallest absolute Gasteiger partial charge is 0.259 e. The predicted molar refractivity (Wildman–Crippen MR) is 151 cm³/mol. The van der Waals surface area contributed by atoms with E-state index in [0.29, 0.717) is 33.9 Å². The zero-order valence-corrected chi connectivity index (χ0v) is 21.8. The second-order valence-electron chi connectivity index (χ2n) is 8.70. The van der Waals surface area contributed by atoms with E-state index in [9.17, 15) is 14.4 Å². The molecular formula is C28H24ClN5O3S. The van der Waals surface area contributed by atoms with Gasteiger partial charge >= 0.3 is 0 Å². The molecule has 2 aliphatic heterocycles. The first-order chi connectivity index (χ1) is 18.5. The Bertz CT molecular complexity index is 1440. The van der Waals surface area contributed by atoms with Crippen LogP contribution in [0.2, 0.25) is 5.02 Å². The van der Waals surface area contributed by atoms with Gasteiger partial charge in [0, 0.05) is 29.2 Å². The van der Waals surface area contributed by atoms with Crippen molar-refractivity contribution in [2.75, 3.05) is 11.1 Å². The van der Waals surface area contributed by atoms with Crippen molar-refractivity contribution >= 4 is 63.5 Å². The standard InChI is InChI=1S/C28H24ClN5O3S/c29-19-9-6-10-20(15-19)31-25(36)17-38-28-33-22-12-5-4-11-21(22)26-32-23(27(37)34(26)28)13-14-24(35)30-16-18-7-2-1-3-8-18/h1-12,15,23H,13-14,16-17H2,(H,30,35)(H,31,36)/t23-/m0/s1. The Labute approximate surface area is 229 Å². The summed E-state index contributed by atoms with van der Waals surface area (Å²) >= 11 is 7.15. The van der Waals surface area contributed by atoms with Gasteiger partial charge in [0.25, 0.3) is 5.91 Å². The molecule has 0 radical (unpaired) electrons. The summed E-state index contributed by atoms with van der Waals surface area (Å²) in [6.07, 6.45) is 0.436. The lowest BCUT2D eigenvalue weighted by Gasteiger charge is -2.25. The molecule has 8 nitrogen and oxygen atoms in total. The molecule has 0 saturated carbocycles. The Kier molecular flexibility index (Phi) is 7.86. The van der Waals surface area contributed by atoms with Crippen molar-refractivity contribution in [1.29, 1.82) is 0 Å². The summed E-state index contributed by atoms with van der Waals surface area (Å²) in [4.78, 5) is 49.2. The van der Waals surface area contributed by atoms with Crippen LogP contribution in [0.3, 0.4) is 0 Å². The van der Waals surface area contributed by atoms with Gasteiger partial charge < -0.3 is 10.6 Å². The third kappa shape index (κ3) is 5.95. The molecule has 0 unspecified atom stereocenters. The fourth-order valence-electron chi connectivity index (χ4n) is 4.13. The van der Waals surface area contributed by atoms with E-state index in [0.717, 1.165) is 22.9 Å².